The Hall–Kier alpha value is -3.10. The molecule has 0 atom stereocenters. The van der Waals surface area contributed by atoms with Gasteiger partial charge in [-0.1, -0.05) is 30.3 Å². The lowest BCUT2D eigenvalue weighted by molar-refractivity contribution is -0.163. The average molecular weight is 420 g/mol. The Kier molecular flexibility index (Phi) is 7.19. The summed E-state index contributed by atoms with van der Waals surface area (Å²) in [4.78, 5) is 38.4. The molecule has 0 unspecified atom stereocenters. The first-order valence-electron chi connectivity index (χ1n) is 8.39. The molecule has 0 aliphatic rings. The normalized spacial score (nSPS) is 10.4. The number of carbonyl (C=O) groups is 2. The summed E-state index contributed by atoms with van der Waals surface area (Å²) in [6.07, 6.45) is 2.75. The second-order valence-electron chi connectivity index (χ2n) is 5.74. The van der Waals surface area contributed by atoms with Gasteiger partial charge >= 0.3 is 5.91 Å². The van der Waals surface area contributed by atoms with Gasteiger partial charge in [-0.15, -0.1) is 11.6 Å². The molecule has 0 saturated heterocycles. The summed E-state index contributed by atoms with van der Waals surface area (Å²) in [5, 5.41) is 0.629. The molecule has 0 aliphatic carbocycles. The number of benzene rings is 1. The number of aromatic nitrogens is 2. The number of imide groups is 1. The first-order chi connectivity index (χ1) is 13.8. The van der Waals surface area contributed by atoms with Crippen LogP contribution >= 0.6 is 11.6 Å². The second kappa shape index (κ2) is 9.40. The molecule has 152 valence electrons. The molecule has 9 heteroatoms. The van der Waals surface area contributed by atoms with E-state index >= 15 is 0 Å². The number of aryl methyl sites for hydroxylation is 1. The molecule has 0 bridgehead atoms. The lowest BCUT2D eigenvalue weighted by Crippen LogP contribution is -2.36. The molecule has 2 aromatic rings. The lowest BCUT2D eigenvalue weighted by atomic mass is 10.1. The highest BCUT2D eigenvalue weighted by atomic mass is 35.5. The fourth-order valence-electron chi connectivity index (χ4n) is 2.52. The van der Waals surface area contributed by atoms with Crippen molar-refractivity contribution in [3.63, 3.8) is 0 Å². The molecule has 1 aromatic heterocycles. The predicted octanol–water partition coefficient (Wildman–Crippen LogP) is 4.00. The van der Waals surface area contributed by atoms with Gasteiger partial charge in [0.15, 0.2) is 17.4 Å². The van der Waals surface area contributed by atoms with Gasteiger partial charge in [-0.05, 0) is 19.1 Å². The molecule has 0 radical (unpaired) electrons. The van der Waals surface area contributed by atoms with Crippen molar-refractivity contribution in [2.24, 2.45) is 0 Å². The minimum Gasteiger partial charge on any atom is -0.492 e. The van der Waals surface area contributed by atoms with Crippen molar-refractivity contribution in [2.75, 3.05) is 13.7 Å². The van der Waals surface area contributed by atoms with Gasteiger partial charge < -0.3 is 4.74 Å². The quantitative estimate of drug-likeness (QED) is 0.498. The van der Waals surface area contributed by atoms with Gasteiger partial charge in [-0.3, -0.25) is 14.4 Å². The molecule has 0 spiro atoms. The molecule has 2 amide bonds. The number of nitrogens with zero attached hydrogens (tertiary/aromatic N) is 3. The van der Waals surface area contributed by atoms with Gasteiger partial charge in [-0.25, -0.2) is 14.4 Å². The number of carbonyl (C=O) groups excluding carboxylic acids is 2. The maximum Gasteiger partial charge on any atom is 0.304 e. The van der Waals surface area contributed by atoms with Crippen LogP contribution in [0.25, 0.3) is 17.5 Å². The van der Waals surface area contributed by atoms with Crippen LogP contribution in [-0.2, 0) is 9.63 Å². The Labute approximate surface area is 172 Å². The molecule has 1 heterocycles. The molecule has 0 N–H and O–H groups in total. The van der Waals surface area contributed by atoms with E-state index in [1.165, 1.54) is 31.4 Å². The summed E-state index contributed by atoms with van der Waals surface area (Å²) in [6, 6.07) is 2.79. The Morgan fingerprint density at radius 2 is 2.00 bits per heavy atom. The number of rotatable bonds is 7. The van der Waals surface area contributed by atoms with Crippen LogP contribution in [0.1, 0.15) is 28.7 Å². The topological polar surface area (TPSA) is 81.6 Å². The standard InChI is InChI=1S/C20H19ClFN3O4/c1-6-10-29-25(12(4)26)20(27)17-13(7-2)11(3)23-19(24-17)14-8-9-15(21)18(28-5)16(14)22/h6-9H,1-2,10H2,3-5H3. The van der Waals surface area contributed by atoms with Crippen molar-refractivity contribution in [1.82, 2.24) is 15.0 Å². The summed E-state index contributed by atoms with van der Waals surface area (Å²) in [5.41, 5.74) is 0.443. The van der Waals surface area contributed by atoms with Crippen molar-refractivity contribution in [3.05, 3.63) is 59.2 Å². The fourth-order valence-corrected chi connectivity index (χ4v) is 2.74. The molecular formula is C20H19ClFN3O4. The van der Waals surface area contributed by atoms with Crippen LogP contribution in [0.5, 0.6) is 5.75 Å². The van der Waals surface area contributed by atoms with Crippen LogP contribution in [0.4, 0.5) is 4.39 Å². The third-order valence-electron chi connectivity index (χ3n) is 3.83. The minimum absolute atomic E-state index is 0.0274. The van der Waals surface area contributed by atoms with Crippen molar-refractivity contribution in [1.29, 1.82) is 0 Å². The van der Waals surface area contributed by atoms with E-state index in [2.05, 4.69) is 23.1 Å². The Balaban J connectivity index is 2.68. The molecular weight excluding hydrogens is 401 g/mol. The Morgan fingerprint density at radius 1 is 1.31 bits per heavy atom. The number of methoxy groups -OCH3 is 1. The van der Waals surface area contributed by atoms with Crippen molar-refractivity contribution >= 4 is 29.5 Å². The molecule has 1 aromatic carbocycles. The average Bonchev–Trinajstić information content (AvgIpc) is 2.67. The molecule has 7 nitrogen and oxygen atoms in total. The van der Waals surface area contributed by atoms with Crippen LogP contribution < -0.4 is 4.74 Å². The van der Waals surface area contributed by atoms with Gasteiger partial charge in [0.1, 0.15) is 5.69 Å². The van der Waals surface area contributed by atoms with E-state index in [9.17, 15) is 14.0 Å². The third-order valence-corrected chi connectivity index (χ3v) is 4.13. The lowest BCUT2D eigenvalue weighted by Gasteiger charge is -2.19. The van der Waals surface area contributed by atoms with Gasteiger partial charge in [0.25, 0.3) is 5.91 Å². The molecule has 0 aliphatic heterocycles. The van der Waals surface area contributed by atoms with E-state index in [-0.39, 0.29) is 40.0 Å². The fraction of sp³-hybridized carbons (Fsp3) is 0.200. The number of halogens is 2. The molecule has 0 saturated carbocycles. The molecule has 2 rings (SSSR count). The van der Waals surface area contributed by atoms with Crippen LogP contribution in [-0.4, -0.2) is 40.6 Å². The number of hydroxylamine groups is 2. The van der Waals surface area contributed by atoms with Crippen molar-refractivity contribution in [2.45, 2.75) is 13.8 Å². The van der Waals surface area contributed by atoms with E-state index in [4.69, 9.17) is 21.2 Å². The summed E-state index contributed by atoms with van der Waals surface area (Å²) < 4.78 is 19.8. The van der Waals surface area contributed by atoms with Gasteiger partial charge in [0.05, 0.1) is 24.3 Å². The summed E-state index contributed by atoms with van der Waals surface area (Å²) in [7, 11) is 1.28. The van der Waals surface area contributed by atoms with E-state index in [0.29, 0.717) is 10.8 Å². The second-order valence-corrected chi connectivity index (χ2v) is 6.15. The maximum atomic E-state index is 14.8. The van der Waals surface area contributed by atoms with E-state index in [1.807, 2.05) is 0 Å². The smallest absolute Gasteiger partial charge is 0.304 e. The van der Waals surface area contributed by atoms with E-state index in [0.717, 1.165) is 6.92 Å². The Morgan fingerprint density at radius 3 is 2.55 bits per heavy atom. The number of ether oxygens (including phenoxy) is 1. The zero-order valence-electron chi connectivity index (χ0n) is 16.2. The zero-order valence-corrected chi connectivity index (χ0v) is 16.9. The first kappa shape index (κ1) is 22.2. The van der Waals surface area contributed by atoms with Crippen molar-refractivity contribution < 1.29 is 23.6 Å². The minimum atomic E-state index is -0.845. The van der Waals surface area contributed by atoms with Crippen molar-refractivity contribution in [3.8, 4) is 17.1 Å². The predicted molar refractivity (Wildman–Crippen MR) is 107 cm³/mol. The highest BCUT2D eigenvalue weighted by Gasteiger charge is 2.27. The number of amides is 2. The monoisotopic (exact) mass is 419 g/mol. The van der Waals surface area contributed by atoms with Crippen LogP contribution in [0.15, 0.2) is 31.4 Å². The van der Waals surface area contributed by atoms with Crippen LogP contribution in [0.3, 0.4) is 0 Å². The maximum absolute atomic E-state index is 14.8. The summed E-state index contributed by atoms with van der Waals surface area (Å²) in [5.74, 6) is -2.55. The highest BCUT2D eigenvalue weighted by Crippen LogP contribution is 2.34. The number of hydrogen-bond acceptors (Lipinski definition) is 6. The van der Waals surface area contributed by atoms with Gasteiger partial charge in [-0.2, -0.15) is 0 Å². The van der Waals surface area contributed by atoms with Gasteiger partial charge in [0.2, 0.25) is 0 Å². The zero-order chi connectivity index (χ0) is 21.7. The highest BCUT2D eigenvalue weighted by molar-refractivity contribution is 6.32. The summed E-state index contributed by atoms with van der Waals surface area (Å²) >= 11 is 5.93. The molecule has 29 heavy (non-hydrogen) atoms. The first-order valence-corrected chi connectivity index (χ1v) is 8.76. The molecule has 0 fully saturated rings. The Bertz CT molecular complexity index is 994. The van der Waals surface area contributed by atoms with Crippen LogP contribution in [0.2, 0.25) is 5.02 Å². The summed E-state index contributed by atoms with van der Waals surface area (Å²) in [6.45, 7) is 9.82. The van der Waals surface area contributed by atoms with Crippen LogP contribution in [0, 0.1) is 12.7 Å². The SMILES string of the molecule is C=CCON(C(C)=O)C(=O)c1nc(-c2ccc(Cl)c(OC)c2F)nc(C)c1C=C. The largest absolute Gasteiger partial charge is 0.492 e. The van der Waals surface area contributed by atoms with E-state index < -0.39 is 17.6 Å². The number of hydrogen-bond donors (Lipinski definition) is 0. The van der Waals surface area contributed by atoms with Gasteiger partial charge in [0, 0.05) is 18.2 Å². The van der Waals surface area contributed by atoms with E-state index in [1.54, 1.807) is 6.92 Å². The third kappa shape index (κ3) is 4.49.